The number of carbonyl (C=O) groups is 1. The Morgan fingerprint density at radius 2 is 1.88 bits per heavy atom. The third-order valence-corrected chi connectivity index (χ3v) is 3.24. The van der Waals surface area contributed by atoms with Crippen molar-refractivity contribution in [2.45, 2.75) is 32.5 Å². The van der Waals surface area contributed by atoms with Gasteiger partial charge in [0.25, 0.3) is 0 Å². The van der Waals surface area contributed by atoms with Crippen LogP contribution in [0.4, 0.5) is 0 Å². The summed E-state index contributed by atoms with van der Waals surface area (Å²) >= 11 is 0. The summed E-state index contributed by atoms with van der Waals surface area (Å²) in [6, 6.07) is 7.48. The van der Waals surface area contributed by atoms with E-state index in [0.29, 0.717) is 0 Å². The second-order valence-electron chi connectivity index (χ2n) is 5.15. The van der Waals surface area contributed by atoms with Crippen molar-refractivity contribution in [3.63, 3.8) is 0 Å². The molecule has 0 fully saturated rings. The summed E-state index contributed by atoms with van der Waals surface area (Å²) in [4.78, 5) is 11.0. The van der Waals surface area contributed by atoms with Gasteiger partial charge in [-0.25, -0.2) is 0 Å². The van der Waals surface area contributed by atoms with Gasteiger partial charge in [-0.1, -0.05) is 43.8 Å². The van der Waals surface area contributed by atoms with E-state index in [0.717, 1.165) is 11.1 Å². The van der Waals surface area contributed by atoms with Crippen LogP contribution in [-0.2, 0) is 4.79 Å². The molecule has 0 saturated carbocycles. The fourth-order valence-corrected chi connectivity index (χ4v) is 1.89. The molecule has 0 aliphatic heterocycles. The normalized spacial score (nSPS) is 12.5. The molecule has 3 heteroatoms. The molecule has 1 aromatic carbocycles. The zero-order chi connectivity index (χ0) is 13.1. The highest BCUT2D eigenvalue weighted by Gasteiger charge is 2.16. The molecule has 0 aliphatic rings. The van der Waals surface area contributed by atoms with Gasteiger partial charge in [-0.2, -0.15) is 0 Å². The quantitative estimate of drug-likeness (QED) is 0.643. The topological polar surface area (TPSA) is 37.3 Å². The predicted molar refractivity (Wildman–Crippen MR) is 72.7 cm³/mol. The van der Waals surface area contributed by atoms with Gasteiger partial charge < -0.3 is 5.11 Å². The molecule has 0 radical (unpaired) electrons. The molecule has 0 aliphatic carbocycles. The first-order valence-electron chi connectivity index (χ1n) is 5.66. The summed E-state index contributed by atoms with van der Waals surface area (Å²) < 4.78 is 0. The molecule has 0 spiro atoms. The highest BCUT2D eigenvalue weighted by molar-refractivity contribution is 6.83. The van der Waals surface area contributed by atoms with Crippen LogP contribution in [0.25, 0.3) is 0 Å². The Kier molecular flexibility index (Phi) is 4.14. The predicted octanol–water partition coefficient (Wildman–Crippen LogP) is 3.10. The van der Waals surface area contributed by atoms with E-state index in [1.807, 2.05) is 24.3 Å². The number of rotatable bonds is 2. The fourth-order valence-electron chi connectivity index (χ4n) is 1.38. The number of aliphatic carboxylic acids is 1. The summed E-state index contributed by atoms with van der Waals surface area (Å²) in [6.07, 6.45) is 0. The van der Waals surface area contributed by atoms with Gasteiger partial charge >= 0.3 is 5.97 Å². The highest BCUT2D eigenvalue weighted by atomic mass is 28.3. The first-order chi connectivity index (χ1) is 7.81. The van der Waals surface area contributed by atoms with Crippen LogP contribution in [0, 0.1) is 11.5 Å². The third-order valence-electron chi connectivity index (χ3n) is 2.37. The van der Waals surface area contributed by atoms with E-state index in [2.05, 4.69) is 31.1 Å². The number of hydrogen-bond donors (Lipinski definition) is 1. The van der Waals surface area contributed by atoms with Crippen LogP contribution in [-0.4, -0.2) is 19.1 Å². The Labute approximate surface area is 104 Å². The summed E-state index contributed by atoms with van der Waals surface area (Å²) in [5.41, 5.74) is 4.90. The Balaban J connectivity index is 3.16. The van der Waals surface area contributed by atoms with Crippen molar-refractivity contribution in [1.82, 2.24) is 0 Å². The lowest BCUT2D eigenvalue weighted by Gasteiger charge is -2.09. The van der Waals surface area contributed by atoms with Gasteiger partial charge in [-0.3, -0.25) is 4.79 Å². The maximum atomic E-state index is 11.0. The Morgan fingerprint density at radius 3 is 2.41 bits per heavy atom. The minimum Gasteiger partial charge on any atom is -0.481 e. The summed E-state index contributed by atoms with van der Waals surface area (Å²) in [7, 11) is -1.43. The Morgan fingerprint density at radius 1 is 1.29 bits per heavy atom. The molecule has 1 unspecified atom stereocenters. The van der Waals surface area contributed by atoms with Crippen LogP contribution < -0.4 is 0 Å². The zero-order valence-electron chi connectivity index (χ0n) is 10.7. The van der Waals surface area contributed by atoms with Crippen molar-refractivity contribution < 1.29 is 9.90 Å². The second-order valence-corrected chi connectivity index (χ2v) is 9.90. The van der Waals surface area contributed by atoms with Gasteiger partial charge in [0.05, 0.1) is 5.92 Å². The van der Waals surface area contributed by atoms with E-state index in [1.165, 1.54) is 0 Å². The second kappa shape index (κ2) is 5.20. The lowest BCUT2D eigenvalue weighted by atomic mass is 9.96. The monoisotopic (exact) mass is 246 g/mol. The lowest BCUT2D eigenvalue weighted by Crippen LogP contribution is -2.16. The molecule has 0 heterocycles. The summed E-state index contributed by atoms with van der Waals surface area (Å²) in [5.74, 6) is 1.81. The Hall–Kier alpha value is -1.53. The number of carboxylic acids is 1. The zero-order valence-corrected chi connectivity index (χ0v) is 11.7. The summed E-state index contributed by atoms with van der Waals surface area (Å²) in [5, 5.41) is 9.05. The van der Waals surface area contributed by atoms with Crippen molar-refractivity contribution >= 4 is 14.0 Å². The van der Waals surface area contributed by atoms with Crippen LogP contribution >= 0.6 is 0 Å². The van der Waals surface area contributed by atoms with E-state index in [9.17, 15) is 4.79 Å². The van der Waals surface area contributed by atoms with Crippen LogP contribution in [0.3, 0.4) is 0 Å². The van der Waals surface area contributed by atoms with Crippen molar-refractivity contribution in [3.8, 4) is 11.5 Å². The van der Waals surface area contributed by atoms with Gasteiger partial charge in [0.15, 0.2) is 0 Å². The van der Waals surface area contributed by atoms with Gasteiger partial charge in [0.2, 0.25) is 0 Å². The van der Waals surface area contributed by atoms with Crippen molar-refractivity contribution in [1.29, 1.82) is 0 Å². The standard InChI is InChI=1S/C14H18O2Si/c1-11(14(15)16)13-8-6-5-7-12(13)9-10-17(2,3)4/h5-8,11H,1-4H3,(H,15,16). The Bertz CT molecular complexity index is 475. The van der Waals surface area contributed by atoms with Crippen molar-refractivity contribution in [2.75, 3.05) is 0 Å². The van der Waals surface area contributed by atoms with Crippen LogP contribution in [0.15, 0.2) is 24.3 Å². The molecule has 0 saturated heterocycles. The van der Waals surface area contributed by atoms with Crippen LogP contribution in [0.2, 0.25) is 19.6 Å². The lowest BCUT2D eigenvalue weighted by molar-refractivity contribution is -0.138. The maximum Gasteiger partial charge on any atom is 0.310 e. The van der Waals surface area contributed by atoms with E-state index >= 15 is 0 Å². The molecule has 1 N–H and O–H groups in total. The third kappa shape index (κ3) is 4.08. The minimum absolute atomic E-state index is 0.512. The molecular formula is C14H18O2Si. The van der Waals surface area contributed by atoms with Crippen molar-refractivity contribution in [3.05, 3.63) is 35.4 Å². The first-order valence-corrected chi connectivity index (χ1v) is 9.16. The molecule has 90 valence electrons. The van der Waals surface area contributed by atoms with E-state index in [1.54, 1.807) is 6.92 Å². The highest BCUT2D eigenvalue weighted by Crippen LogP contribution is 2.19. The SMILES string of the molecule is CC(C(=O)O)c1ccccc1C#C[Si](C)(C)C. The van der Waals surface area contributed by atoms with Gasteiger partial charge in [0.1, 0.15) is 8.07 Å². The molecule has 2 nitrogen and oxygen atoms in total. The minimum atomic E-state index is -1.43. The van der Waals surface area contributed by atoms with Gasteiger partial charge in [-0.15, -0.1) is 5.54 Å². The van der Waals surface area contributed by atoms with Crippen molar-refractivity contribution in [2.24, 2.45) is 0 Å². The molecule has 0 bridgehead atoms. The average Bonchev–Trinajstić information content (AvgIpc) is 2.24. The molecule has 17 heavy (non-hydrogen) atoms. The molecule has 0 aromatic heterocycles. The molecule has 1 atom stereocenters. The van der Waals surface area contributed by atoms with Gasteiger partial charge in [-0.05, 0) is 18.6 Å². The maximum absolute atomic E-state index is 11.0. The molecule has 1 aromatic rings. The average molecular weight is 246 g/mol. The smallest absolute Gasteiger partial charge is 0.310 e. The number of benzene rings is 1. The molecule has 0 amide bonds. The summed E-state index contributed by atoms with van der Waals surface area (Å²) in [6.45, 7) is 8.20. The van der Waals surface area contributed by atoms with Crippen LogP contribution in [0.5, 0.6) is 0 Å². The molecular weight excluding hydrogens is 228 g/mol. The van der Waals surface area contributed by atoms with Crippen LogP contribution in [0.1, 0.15) is 24.0 Å². The first kappa shape index (κ1) is 13.5. The number of hydrogen-bond acceptors (Lipinski definition) is 1. The largest absolute Gasteiger partial charge is 0.481 e. The van der Waals surface area contributed by atoms with E-state index in [4.69, 9.17) is 5.11 Å². The van der Waals surface area contributed by atoms with Gasteiger partial charge in [0, 0.05) is 5.56 Å². The molecule has 1 rings (SSSR count). The fraction of sp³-hybridized carbons (Fsp3) is 0.357. The van der Waals surface area contributed by atoms with E-state index < -0.39 is 20.0 Å². The van der Waals surface area contributed by atoms with E-state index in [-0.39, 0.29) is 0 Å². The number of carboxylic acid groups (broad SMARTS) is 1.